The van der Waals surface area contributed by atoms with Crippen LogP contribution in [-0.2, 0) is 20.9 Å². The number of imidazole rings is 1. The monoisotopic (exact) mass is 359 g/mol. The number of carbonyl (C=O) groups is 2. The molecule has 0 aliphatic rings. The normalized spacial score (nSPS) is 10.7. The molecule has 0 bridgehead atoms. The molecule has 1 aromatic heterocycles. The summed E-state index contributed by atoms with van der Waals surface area (Å²) < 4.78 is 33.1. The number of carbonyl (C=O) groups excluding carboxylic acids is 2. The lowest BCUT2D eigenvalue weighted by Gasteiger charge is -2.09. The van der Waals surface area contributed by atoms with Gasteiger partial charge in [-0.3, -0.25) is 9.59 Å². The zero-order valence-electron chi connectivity index (χ0n) is 13.8. The van der Waals surface area contributed by atoms with Gasteiger partial charge in [0.1, 0.15) is 24.0 Å². The van der Waals surface area contributed by atoms with Gasteiger partial charge in [-0.05, 0) is 31.2 Å². The molecule has 0 spiro atoms. The summed E-state index contributed by atoms with van der Waals surface area (Å²) in [5.41, 5.74) is 1.20. The van der Waals surface area contributed by atoms with Crippen molar-refractivity contribution in [3.63, 3.8) is 0 Å². The molecule has 0 saturated heterocycles. The Balaban J connectivity index is 1.59. The van der Waals surface area contributed by atoms with Crippen molar-refractivity contribution in [3.8, 4) is 0 Å². The molecule has 0 saturated carbocycles. The van der Waals surface area contributed by atoms with Gasteiger partial charge >= 0.3 is 5.97 Å². The van der Waals surface area contributed by atoms with E-state index in [-0.39, 0.29) is 12.2 Å². The number of rotatable bonds is 5. The first kappa shape index (κ1) is 17.5. The fraction of sp³-hybridized carbons (Fsp3) is 0.167. The third kappa shape index (κ3) is 3.85. The lowest BCUT2D eigenvalue weighted by atomic mass is 10.3. The summed E-state index contributed by atoms with van der Waals surface area (Å²) in [6, 6.07) is 9.98. The lowest BCUT2D eigenvalue weighted by Crippen LogP contribution is -2.23. The highest BCUT2D eigenvalue weighted by molar-refractivity contribution is 5.93. The average molecular weight is 359 g/mol. The molecule has 3 aromatic rings. The molecule has 1 amide bonds. The van der Waals surface area contributed by atoms with Crippen molar-refractivity contribution in [2.24, 2.45) is 0 Å². The van der Waals surface area contributed by atoms with E-state index in [4.69, 9.17) is 4.74 Å². The molecule has 0 fully saturated rings. The molecule has 1 N–H and O–H groups in total. The first-order valence-corrected chi connectivity index (χ1v) is 7.76. The van der Waals surface area contributed by atoms with E-state index in [0.717, 1.165) is 29.2 Å². The number of nitrogens with one attached hydrogen (secondary N) is 1. The van der Waals surface area contributed by atoms with Gasteiger partial charge in [0.15, 0.2) is 6.61 Å². The Morgan fingerprint density at radius 3 is 2.77 bits per heavy atom. The van der Waals surface area contributed by atoms with E-state index in [1.807, 2.05) is 24.3 Å². The summed E-state index contributed by atoms with van der Waals surface area (Å²) in [5, 5.41) is 2.16. The van der Waals surface area contributed by atoms with Gasteiger partial charge in [0.25, 0.3) is 5.91 Å². The topological polar surface area (TPSA) is 73.2 Å². The fourth-order valence-corrected chi connectivity index (χ4v) is 2.50. The van der Waals surface area contributed by atoms with Gasteiger partial charge in [0.2, 0.25) is 0 Å². The molecule has 2 aromatic carbocycles. The minimum atomic E-state index is -0.786. The van der Waals surface area contributed by atoms with Crippen molar-refractivity contribution in [2.45, 2.75) is 13.5 Å². The molecule has 134 valence electrons. The highest BCUT2D eigenvalue weighted by atomic mass is 19.1. The molecule has 1 heterocycles. The van der Waals surface area contributed by atoms with Gasteiger partial charge in [0, 0.05) is 6.07 Å². The SMILES string of the molecule is Cc1nc2ccccc2n1CC(=O)OCC(=O)Nc1cc(F)ccc1F. The molecule has 3 rings (SSSR count). The Morgan fingerprint density at radius 2 is 1.96 bits per heavy atom. The highest BCUT2D eigenvalue weighted by Crippen LogP contribution is 2.16. The summed E-state index contributed by atoms with van der Waals surface area (Å²) in [6.45, 7) is 1.03. The van der Waals surface area contributed by atoms with Crippen LogP contribution in [0.1, 0.15) is 5.82 Å². The number of halogens is 2. The number of nitrogens with zero attached hydrogens (tertiary/aromatic N) is 2. The summed E-state index contributed by atoms with van der Waals surface area (Å²) in [4.78, 5) is 28.1. The van der Waals surface area contributed by atoms with Crippen LogP contribution in [0.25, 0.3) is 11.0 Å². The minimum absolute atomic E-state index is 0.117. The van der Waals surface area contributed by atoms with Gasteiger partial charge < -0.3 is 14.6 Å². The second-order valence-electron chi connectivity index (χ2n) is 5.57. The van der Waals surface area contributed by atoms with Crippen LogP contribution in [0.15, 0.2) is 42.5 Å². The number of hydrogen-bond acceptors (Lipinski definition) is 4. The van der Waals surface area contributed by atoms with Crippen molar-refractivity contribution >= 4 is 28.6 Å². The van der Waals surface area contributed by atoms with Crippen molar-refractivity contribution in [1.29, 1.82) is 0 Å². The molecule has 0 radical (unpaired) electrons. The van der Waals surface area contributed by atoms with Crippen molar-refractivity contribution < 1.29 is 23.1 Å². The number of ether oxygens (including phenoxy) is 1. The molecule has 26 heavy (non-hydrogen) atoms. The largest absolute Gasteiger partial charge is 0.454 e. The number of esters is 1. The maximum Gasteiger partial charge on any atom is 0.326 e. The van der Waals surface area contributed by atoms with Gasteiger partial charge in [-0.15, -0.1) is 0 Å². The zero-order chi connectivity index (χ0) is 18.7. The van der Waals surface area contributed by atoms with Crippen molar-refractivity contribution in [2.75, 3.05) is 11.9 Å². The van der Waals surface area contributed by atoms with Gasteiger partial charge in [-0.25, -0.2) is 13.8 Å². The van der Waals surface area contributed by atoms with Gasteiger partial charge in [-0.1, -0.05) is 12.1 Å². The van der Waals surface area contributed by atoms with Crippen LogP contribution in [0.4, 0.5) is 14.5 Å². The number of amides is 1. The predicted octanol–water partition coefficient (Wildman–Crippen LogP) is 2.80. The van der Waals surface area contributed by atoms with E-state index in [0.29, 0.717) is 5.82 Å². The minimum Gasteiger partial charge on any atom is -0.454 e. The average Bonchev–Trinajstić information content (AvgIpc) is 2.92. The summed E-state index contributed by atoms with van der Waals surface area (Å²) >= 11 is 0. The van der Waals surface area contributed by atoms with E-state index < -0.39 is 30.1 Å². The summed E-state index contributed by atoms with van der Waals surface area (Å²) in [6.07, 6.45) is 0. The van der Waals surface area contributed by atoms with Crippen molar-refractivity contribution in [1.82, 2.24) is 9.55 Å². The van der Waals surface area contributed by atoms with Crippen LogP contribution >= 0.6 is 0 Å². The quantitative estimate of drug-likeness (QED) is 0.711. The van der Waals surface area contributed by atoms with Crippen LogP contribution in [0, 0.1) is 18.6 Å². The first-order valence-electron chi connectivity index (χ1n) is 7.76. The predicted molar refractivity (Wildman–Crippen MR) is 90.4 cm³/mol. The van der Waals surface area contributed by atoms with Gasteiger partial charge in [-0.2, -0.15) is 0 Å². The van der Waals surface area contributed by atoms with E-state index in [9.17, 15) is 18.4 Å². The molecular formula is C18H15F2N3O3. The third-order valence-electron chi connectivity index (χ3n) is 3.70. The highest BCUT2D eigenvalue weighted by Gasteiger charge is 2.14. The fourth-order valence-electron chi connectivity index (χ4n) is 2.50. The standard InChI is InChI=1S/C18H15F2N3O3/c1-11-21-14-4-2-3-5-16(14)23(11)9-18(25)26-10-17(24)22-15-8-12(19)6-7-13(15)20/h2-8H,9-10H2,1H3,(H,22,24). The Morgan fingerprint density at radius 1 is 1.19 bits per heavy atom. The molecule has 0 unspecified atom stereocenters. The number of fused-ring (bicyclic) bond motifs is 1. The molecule has 8 heteroatoms. The number of anilines is 1. The maximum atomic E-state index is 13.5. The van der Waals surface area contributed by atoms with Gasteiger partial charge in [0.05, 0.1) is 16.7 Å². The second-order valence-corrected chi connectivity index (χ2v) is 5.57. The Hall–Kier alpha value is -3.29. The molecule has 0 aliphatic heterocycles. The third-order valence-corrected chi connectivity index (χ3v) is 3.70. The number of aromatic nitrogens is 2. The lowest BCUT2D eigenvalue weighted by molar-refractivity contribution is -0.147. The van der Waals surface area contributed by atoms with Crippen LogP contribution in [0.3, 0.4) is 0 Å². The summed E-state index contributed by atoms with van der Waals surface area (Å²) in [5.74, 6) is -2.26. The van der Waals surface area contributed by atoms with Crippen LogP contribution < -0.4 is 5.32 Å². The van der Waals surface area contributed by atoms with E-state index in [1.54, 1.807) is 11.5 Å². The van der Waals surface area contributed by atoms with E-state index in [2.05, 4.69) is 10.3 Å². The Kier molecular flexibility index (Phi) is 4.92. The molecule has 6 nitrogen and oxygen atoms in total. The van der Waals surface area contributed by atoms with Crippen LogP contribution in [0.2, 0.25) is 0 Å². The molecular weight excluding hydrogens is 344 g/mol. The first-order chi connectivity index (χ1) is 12.4. The van der Waals surface area contributed by atoms with Crippen molar-refractivity contribution in [3.05, 3.63) is 59.9 Å². The smallest absolute Gasteiger partial charge is 0.326 e. The Bertz CT molecular complexity index is 985. The van der Waals surface area contributed by atoms with E-state index in [1.165, 1.54) is 0 Å². The number of benzene rings is 2. The van der Waals surface area contributed by atoms with E-state index >= 15 is 0 Å². The zero-order valence-corrected chi connectivity index (χ0v) is 13.8. The summed E-state index contributed by atoms with van der Waals surface area (Å²) in [7, 11) is 0. The second kappa shape index (κ2) is 7.30. The molecule has 0 atom stereocenters. The van der Waals surface area contributed by atoms with Crippen LogP contribution in [-0.4, -0.2) is 28.0 Å². The van der Waals surface area contributed by atoms with Crippen LogP contribution in [0.5, 0.6) is 0 Å². The number of aryl methyl sites for hydroxylation is 1. The number of hydrogen-bond donors (Lipinski definition) is 1. The number of para-hydroxylation sites is 2. The molecule has 0 aliphatic carbocycles. The maximum absolute atomic E-state index is 13.5. The Labute approximate surface area is 147 Å².